The standard InChI is InChI=1S/C19H24N4O4/c1-3-27-19(25)14-23-18(24)9-8-17(20-23)22-12-10-21(11-13-22)15-4-6-16(26-2)7-5-15/h4-9H,3,10-14H2,1-2H3. The highest BCUT2D eigenvalue weighted by Crippen LogP contribution is 2.21. The summed E-state index contributed by atoms with van der Waals surface area (Å²) in [6, 6.07) is 11.1. The summed E-state index contributed by atoms with van der Waals surface area (Å²) in [6.07, 6.45) is 0. The van der Waals surface area contributed by atoms with E-state index in [1.807, 2.05) is 24.3 Å². The van der Waals surface area contributed by atoms with Crippen molar-refractivity contribution in [1.82, 2.24) is 9.78 Å². The number of rotatable bonds is 6. The Morgan fingerprint density at radius 2 is 1.70 bits per heavy atom. The van der Waals surface area contributed by atoms with E-state index in [4.69, 9.17) is 9.47 Å². The quantitative estimate of drug-likeness (QED) is 0.704. The number of hydrogen-bond donors (Lipinski definition) is 0. The number of carbonyl (C=O) groups excluding carboxylic acids is 1. The molecule has 1 aliphatic heterocycles. The third kappa shape index (κ3) is 4.58. The first-order valence-corrected chi connectivity index (χ1v) is 8.98. The number of nitrogens with zero attached hydrogens (tertiary/aromatic N) is 4. The number of methoxy groups -OCH3 is 1. The fraction of sp³-hybridized carbons (Fsp3) is 0.421. The summed E-state index contributed by atoms with van der Waals surface area (Å²) in [5.41, 5.74) is 0.833. The van der Waals surface area contributed by atoms with Crippen LogP contribution in [0.5, 0.6) is 5.75 Å². The first kappa shape index (κ1) is 18.8. The van der Waals surface area contributed by atoms with Crippen LogP contribution in [0.25, 0.3) is 0 Å². The predicted molar refractivity (Wildman–Crippen MR) is 103 cm³/mol. The van der Waals surface area contributed by atoms with Crippen molar-refractivity contribution in [2.24, 2.45) is 0 Å². The summed E-state index contributed by atoms with van der Waals surface area (Å²) >= 11 is 0. The molecule has 144 valence electrons. The van der Waals surface area contributed by atoms with Gasteiger partial charge in [0.15, 0.2) is 0 Å². The lowest BCUT2D eigenvalue weighted by molar-refractivity contribution is -0.144. The minimum Gasteiger partial charge on any atom is -0.497 e. The molecule has 0 saturated carbocycles. The SMILES string of the molecule is CCOC(=O)Cn1nc(N2CCN(c3ccc(OC)cc3)CC2)ccc1=O. The van der Waals surface area contributed by atoms with Gasteiger partial charge in [-0.1, -0.05) is 0 Å². The Hall–Kier alpha value is -3.03. The van der Waals surface area contributed by atoms with Crippen LogP contribution in [-0.2, 0) is 16.1 Å². The maximum absolute atomic E-state index is 11.9. The predicted octanol–water partition coefficient (Wildman–Crippen LogP) is 1.14. The van der Waals surface area contributed by atoms with Crippen molar-refractivity contribution < 1.29 is 14.3 Å². The lowest BCUT2D eigenvalue weighted by Crippen LogP contribution is -2.47. The van der Waals surface area contributed by atoms with Gasteiger partial charge in [0.25, 0.3) is 5.56 Å². The van der Waals surface area contributed by atoms with Crippen LogP contribution < -0.4 is 20.1 Å². The van der Waals surface area contributed by atoms with E-state index in [2.05, 4.69) is 14.9 Å². The average Bonchev–Trinajstić information content (AvgIpc) is 2.70. The first-order valence-electron chi connectivity index (χ1n) is 8.98. The molecule has 2 aromatic rings. The lowest BCUT2D eigenvalue weighted by atomic mass is 10.2. The van der Waals surface area contributed by atoms with Crippen LogP contribution >= 0.6 is 0 Å². The molecule has 1 fully saturated rings. The van der Waals surface area contributed by atoms with Gasteiger partial charge < -0.3 is 19.3 Å². The van der Waals surface area contributed by atoms with Gasteiger partial charge in [0.1, 0.15) is 18.1 Å². The maximum atomic E-state index is 11.9. The minimum atomic E-state index is -0.464. The molecular weight excluding hydrogens is 348 g/mol. The zero-order valence-corrected chi connectivity index (χ0v) is 15.6. The molecule has 0 unspecified atom stereocenters. The molecule has 27 heavy (non-hydrogen) atoms. The lowest BCUT2D eigenvalue weighted by Gasteiger charge is -2.36. The van der Waals surface area contributed by atoms with E-state index in [1.54, 1.807) is 20.1 Å². The van der Waals surface area contributed by atoms with Gasteiger partial charge in [0.2, 0.25) is 0 Å². The zero-order valence-electron chi connectivity index (χ0n) is 15.6. The van der Waals surface area contributed by atoms with Crippen molar-refractivity contribution in [3.8, 4) is 5.75 Å². The van der Waals surface area contributed by atoms with E-state index >= 15 is 0 Å². The van der Waals surface area contributed by atoms with E-state index in [1.165, 1.54) is 6.07 Å². The van der Waals surface area contributed by atoms with Crippen LogP contribution in [0.1, 0.15) is 6.92 Å². The second-order valence-electron chi connectivity index (χ2n) is 6.16. The van der Waals surface area contributed by atoms with Crippen LogP contribution in [0.2, 0.25) is 0 Å². The molecule has 1 saturated heterocycles. The highest BCUT2D eigenvalue weighted by Gasteiger charge is 2.19. The number of ether oxygens (including phenoxy) is 2. The molecule has 8 nitrogen and oxygen atoms in total. The number of anilines is 2. The van der Waals surface area contributed by atoms with E-state index in [-0.39, 0.29) is 18.7 Å². The molecule has 1 aromatic carbocycles. The van der Waals surface area contributed by atoms with Gasteiger partial charge in [-0.2, -0.15) is 5.10 Å². The summed E-state index contributed by atoms with van der Waals surface area (Å²) < 4.78 is 11.3. The van der Waals surface area contributed by atoms with E-state index in [9.17, 15) is 9.59 Å². The number of piperazine rings is 1. The molecule has 8 heteroatoms. The summed E-state index contributed by atoms with van der Waals surface area (Å²) in [5.74, 6) is 1.06. The van der Waals surface area contributed by atoms with E-state index in [0.29, 0.717) is 5.82 Å². The van der Waals surface area contributed by atoms with Crippen LogP contribution in [0.4, 0.5) is 11.5 Å². The average molecular weight is 372 g/mol. The summed E-state index contributed by atoms with van der Waals surface area (Å²) in [5, 5.41) is 4.33. The van der Waals surface area contributed by atoms with Gasteiger partial charge in [-0.3, -0.25) is 9.59 Å². The van der Waals surface area contributed by atoms with Gasteiger partial charge >= 0.3 is 5.97 Å². The van der Waals surface area contributed by atoms with E-state index < -0.39 is 5.97 Å². The van der Waals surface area contributed by atoms with Crippen molar-refractivity contribution in [3.05, 3.63) is 46.8 Å². The molecular formula is C19H24N4O4. The number of carbonyl (C=O) groups is 1. The minimum absolute atomic E-state index is 0.174. The number of esters is 1. The smallest absolute Gasteiger partial charge is 0.327 e. The van der Waals surface area contributed by atoms with Crippen molar-refractivity contribution in [3.63, 3.8) is 0 Å². The normalized spacial score (nSPS) is 14.1. The molecule has 0 aliphatic carbocycles. The van der Waals surface area contributed by atoms with E-state index in [0.717, 1.165) is 42.3 Å². The van der Waals surface area contributed by atoms with Gasteiger partial charge in [-0.15, -0.1) is 0 Å². The number of hydrogen-bond acceptors (Lipinski definition) is 7. The largest absolute Gasteiger partial charge is 0.497 e. The van der Waals surface area contributed by atoms with Crippen molar-refractivity contribution in [2.45, 2.75) is 13.5 Å². The Bertz CT molecular complexity index is 826. The molecule has 0 atom stereocenters. The Morgan fingerprint density at radius 3 is 2.33 bits per heavy atom. The second-order valence-corrected chi connectivity index (χ2v) is 6.16. The molecule has 0 radical (unpaired) electrons. The van der Waals surface area contributed by atoms with Crippen molar-refractivity contribution in [2.75, 3.05) is 49.7 Å². The van der Waals surface area contributed by atoms with Gasteiger partial charge in [-0.25, -0.2) is 4.68 Å². The summed E-state index contributed by atoms with van der Waals surface area (Å²) in [6.45, 7) is 5.06. The maximum Gasteiger partial charge on any atom is 0.327 e. The third-order valence-corrected chi connectivity index (χ3v) is 4.48. The molecule has 0 bridgehead atoms. The van der Waals surface area contributed by atoms with Crippen molar-refractivity contribution in [1.29, 1.82) is 0 Å². The van der Waals surface area contributed by atoms with Crippen LogP contribution in [-0.4, -0.2) is 55.6 Å². The number of benzene rings is 1. The molecule has 0 amide bonds. The third-order valence-electron chi connectivity index (χ3n) is 4.48. The molecule has 2 heterocycles. The van der Waals surface area contributed by atoms with Gasteiger partial charge in [0, 0.05) is 37.9 Å². The van der Waals surface area contributed by atoms with Crippen LogP contribution in [0.3, 0.4) is 0 Å². The van der Waals surface area contributed by atoms with Crippen LogP contribution in [0.15, 0.2) is 41.2 Å². The first-order chi connectivity index (χ1) is 13.1. The molecule has 3 rings (SSSR count). The van der Waals surface area contributed by atoms with Crippen LogP contribution in [0, 0.1) is 0 Å². The second kappa shape index (κ2) is 8.57. The topological polar surface area (TPSA) is 76.9 Å². The van der Waals surface area contributed by atoms with Gasteiger partial charge in [-0.05, 0) is 37.3 Å². The summed E-state index contributed by atoms with van der Waals surface area (Å²) in [7, 11) is 1.65. The monoisotopic (exact) mass is 372 g/mol. The highest BCUT2D eigenvalue weighted by atomic mass is 16.5. The highest BCUT2D eigenvalue weighted by molar-refractivity contribution is 5.69. The Morgan fingerprint density at radius 1 is 1.04 bits per heavy atom. The molecule has 1 aromatic heterocycles. The zero-order chi connectivity index (χ0) is 19.2. The fourth-order valence-electron chi connectivity index (χ4n) is 3.04. The molecule has 0 N–H and O–H groups in total. The Labute approximate surface area is 157 Å². The molecule has 0 spiro atoms. The Balaban J connectivity index is 1.65. The van der Waals surface area contributed by atoms with Gasteiger partial charge in [0.05, 0.1) is 13.7 Å². The Kier molecular flexibility index (Phi) is 5.95. The molecule has 1 aliphatic rings. The van der Waals surface area contributed by atoms with Crippen molar-refractivity contribution >= 4 is 17.5 Å². The summed E-state index contributed by atoms with van der Waals surface area (Å²) in [4.78, 5) is 28.0. The number of aromatic nitrogens is 2. The fourth-order valence-corrected chi connectivity index (χ4v) is 3.04.